The number of anilines is 1. The van der Waals surface area contributed by atoms with Crippen molar-refractivity contribution in [1.82, 2.24) is 15.0 Å². The van der Waals surface area contributed by atoms with Crippen molar-refractivity contribution in [2.45, 2.75) is 25.3 Å². The molecule has 2 aliphatic rings. The first-order valence-electron chi connectivity index (χ1n) is 8.44. The molecule has 0 bridgehead atoms. The van der Waals surface area contributed by atoms with Gasteiger partial charge in [-0.3, -0.25) is 14.3 Å². The molecule has 1 aromatic carbocycles. The second-order valence-corrected chi connectivity index (χ2v) is 6.21. The summed E-state index contributed by atoms with van der Waals surface area (Å²) in [6.45, 7) is 1.28. The molecule has 0 atom stereocenters. The largest absolute Gasteiger partial charge is 0.305 e. The highest BCUT2D eigenvalue weighted by molar-refractivity contribution is 6.52. The number of nitrogens with zero attached hydrogens (tertiary/aromatic N) is 4. The number of unbranched alkanes of at least 4 members (excludes halogenated alkanes) is 1. The van der Waals surface area contributed by atoms with E-state index in [9.17, 15) is 9.59 Å². The number of allylic oxidation sites excluding steroid dienone is 4. The molecule has 0 fully saturated rings. The molecule has 2 aromatic rings. The maximum absolute atomic E-state index is 12.1. The second kappa shape index (κ2) is 6.47. The van der Waals surface area contributed by atoms with Crippen LogP contribution in [-0.4, -0.2) is 33.2 Å². The van der Waals surface area contributed by atoms with Crippen LogP contribution in [0.3, 0.4) is 0 Å². The van der Waals surface area contributed by atoms with Crippen LogP contribution in [-0.2, 0) is 11.3 Å². The van der Waals surface area contributed by atoms with E-state index in [4.69, 9.17) is 0 Å². The molecule has 0 N–H and O–H groups in total. The van der Waals surface area contributed by atoms with Gasteiger partial charge in [-0.1, -0.05) is 41.7 Å². The Bertz CT molecular complexity index is 869. The van der Waals surface area contributed by atoms with Crippen molar-refractivity contribution in [3.63, 3.8) is 0 Å². The monoisotopic (exact) mass is 334 g/mol. The van der Waals surface area contributed by atoms with Crippen molar-refractivity contribution in [3.8, 4) is 0 Å². The molecule has 1 aliphatic heterocycles. The Morgan fingerprint density at radius 1 is 1.00 bits per heavy atom. The van der Waals surface area contributed by atoms with E-state index < -0.39 is 11.7 Å². The van der Waals surface area contributed by atoms with E-state index in [1.807, 2.05) is 35.2 Å². The summed E-state index contributed by atoms with van der Waals surface area (Å²) in [4.78, 5) is 25.7. The summed E-state index contributed by atoms with van der Waals surface area (Å²) in [5.41, 5.74) is 2.17. The average molecular weight is 334 g/mol. The fourth-order valence-corrected chi connectivity index (χ4v) is 3.22. The van der Waals surface area contributed by atoms with Crippen molar-refractivity contribution in [3.05, 3.63) is 66.0 Å². The predicted molar refractivity (Wildman–Crippen MR) is 93.4 cm³/mol. The number of hydrogen-bond acceptors (Lipinski definition) is 4. The fourth-order valence-electron chi connectivity index (χ4n) is 3.22. The number of aromatic nitrogens is 3. The minimum Gasteiger partial charge on any atom is -0.305 e. The Hall–Kier alpha value is -3.02. The molecule has 1 amide bonds. The number of carbonyl (C=O) groups excluding carboxylic acids is 2. The molecule has 0 spiro atoms. The number of carbonyl (C=O) groups is 2. The van der Waals surface area contributed by atoms with Crippen LogP contribution in [0.2, 0.25) is 0 Å². The highest BCUT2D eigenvalue weighted by Gasteiger charge is 2.34. The molecule has 6 nitrogen and oxygen atoms in total. The molecule has 0 saturated heterocycles. The molecule has 25 heavy (non-hydrogen) atoms. The van der Waals surface area contributed by atoms with E-state index in [-0.39, 0.29) is 5.92 Å². The lowest BCUT2D eigenvalue weighted by Crippen LogP contribution is -2.30. The lowest BCUT2D eigenvalue weighted by atomic mass is 10.1. The number of rotatable bonds is 6. The van der Waals surface area contributed by atoms with Crippen molar-refractivity contribution in [2.75, 3.05) is 11.4 Å². The zero-order valence-corrected chi connectivity index (χ0v) is 13.7. The molecule has 126 valence electrons. The Morgan fingerprint density at radius 3 is 2.60 bits per heavy atom. The van der Waals surface area contributed by atoms with Gasteiger partial charge in [0, 0.05) is 25.2 Å². The van der Waals surface area contributed by atoms with Crippen molar-refractivity contribution in [1.29, 1.82) is 0 Å². The Balaban J connectivity index is 1.31. The van der Waals surface area contributed by atoms with Crippen molar-refractivity contribution < 1.29 is 9.59 Å². The third kappa shape index (κ3) is 2.91. The summed E-state index contributed by atoms with van der Waals surface area (Å²) in [5, 5.41) is 8.36. The lowest BCUT2D eigenvalue weighted by Gasteiger charge is -2.16. The molecule has 2 heterocycles. The number of para-hydroxylation sites is 1. The molecule has 0 saturated carbocycles. The SMILES string of the molecule is O=C1C(=O)N(CCCCn2cc(C3C=CC=C3)nn2)c2ccccc21. The van der Waals surface area contributed by atoms with Gasteiger partial charge < -0.3 is 4.90 Å². The first kappa shape index (κ1) is 15.5. The number of aryl methyl sites for hydroxylation is 1. The highest BCUT2D eigenvalue weighted by Crippen LogP contribution is 2.28. The van der Waals surface area contributed by atoms with Gasteiger partial charge in [-0.05, 0) is 25.0 Å². The van der Waals surface area contributed by atoms with Gasteiger partial charge in [0.2, 0.25) is 0 Å². The Labute approximate surface area is 145 Å². The number of benzene rings is 1. The van der Waals surface area contributed by atoms with E-state index in [0.29, 0.717) is 12.1 Å². The van der Waals surface area contributed by atoms with Crippen molar-refractivity contribution in [2.24, 2.45) is 0 Å². The average Bonchev–Trinajstić information content (AvgIpc) is 3.35. The normalized spacial score (nSPS) is 16.2. The summed E-state index contributed by atoms with van der Waals surface area (Å²) < 4.78 is 1.83. The number of hydrogen-bond donors (Lipinski definition) is 0. The zero-order chi connectivity index (χ0) is 17.2. The summed E-state index contributed by atoms with van der Waals surface area (Å²) in [5.74, 6) is -0.614. The molecular formula is C19H18N4O2. The first-order chi connectivity index (χ1) is 12.2. The predicted octanol–water partition coefficient (Wildman–Crippen LogP) is 2.50. The van der Waals surface area contributed by atoms with Crippen LogP contribution in [0.15, 0.2) is 54.8 Å². The van der Waals surface area contributed by atoms with Crippen LogP contribution in [0, 0.1) is 0 Å². The van der Waals surface area contributed by atoms with E-state index in [1.54, 1.807) is 17.0 Å². The molecule has 1 aromatic heterocycles. The lowest BCUT2D eigenvalue weighted by molar-refractivity contribution is -0.114. The van der Waals surface area contributed by atoms with Crippen LogP contribution in [0.5, 0.6) is 0 Å². The van der Waals surface area contributed by atoms with Gasteiger partial charge in [-0.2, -0.15) is 0 Å². The minimum atomic E-state index is -0.427. The number of Topliss-reactive ketones (excluding diaryl/α,β-unsaturated/α-hetero) is 1. The summed E-state index contributed by atoms with van der Waals surface area (Å²) in [6, 6.07) is 7.16. The third-order valence-electron chi connectivity index (χ3n) is 4.54. The van der Waals surface area contributed by atoms with Gasteiger partial charge in [0.1, 0.15) is 0 Å². The Morgan fingerprint density at radius 2 is 1.76 bits per heavy atom. The van der Waals surface area contributed by atoms with E-state index in [2.05, 4.69) is 22.5 Å². The van der Waals surface area contributed by atoms with Gasteiger partial charge >= 0.3 is 0 Å². The Kier molecular flexibility index (Phi) is 4.01. The number of ketones is 1. The zero-order valence-electron chi connectivity index (χ0n) is 13.7. The van der Waals surface area contributed by atoms with E-state index in [0.717, 1.165) is 30.8 Å². The standard InChI is InChI=1S/C19H18N4O2/c24-18-15-9-3-4-10-17(15)23(19(18)25)12-6-5-11-22-13-16(20-21-22)14-7-1-2-8-14/h1-4,7-10,13-14H,5-6,11-12H2. The van der Waals surface area contributed by atoms with Gasteiger partial charge in [0.25, 0.3) is 11.7 Å². The molecule has 0 radical (unpaired) electrons. The van der Waals surface area contributed by atoms with Gasteiger partial charge in [0.15, 0.2) is 0 Å². The van der Waals surface area contributed by atoms with Gasteiger partial charge in [-0.25, -0.2) is 0 Å². The second-order valence-electron chi connectivity index (χ2n) is 6.21. The minimum absolute atomic E-state index is 0.221. The molecule has 0 unspecified atom stereocenters. The maximum atomic E-state index is 12.1. The molecule has 1 aliphatic carbocycles. The van der Waals surface area contributed by atoms with Crippen molar-refractivity contribution >= 4 is 17.4 Å². The highest BCUT2D eigenvalue weighted by atomic mass is 16.2. The smallest absolute Gasteiger partial charge is 0.299 e. The topological polar surface area (TPSA) is 68.1 Å². The summed E-state index contributed by atoms with van der Waals surface area (Å²) in [6.07, 6.45) is 11.8. The molecule has 4 rings (SSSR count). The fraction of sp³-hybridized carbons (Fsp3) is 0.263. The van der Waals surface area contributed by atoms with Gasteiger partial charge in [0.05, 0.1) is 16.9 Å². The van der Waals surface area contributed by atoms with Crippen LogP contribution in [0.4, 0.5) is 5.69 Å². The van der Waals surface area contributed by atoms with Crippen LogP contribution in [0.25, 0.3) is 0 Å². The summed E-state index contributed by atoms with van der Waals surface area (Å²) >= 11 is 0. The molecule has 6 heteroatoms. The van der Waals surface area contributed by atoms with Crippen LogP contribution >= 0.6 is 0 Å². The van der Waals surface area contributed by atoms with Crippen LogP contribution < -0.4 is 4.90 Å². The van der Waals surface area contributed by atoms with E-state index in [1.165, 1.54) is 0 Å². The first-order valence-corrected chi connectivity index (χ1v) is 8.44. The third-order valence-corrected chi connectivity index (χ3v) is 4.54. The van der Waals surface area contributed by atoms with Gasteiger partial charge in [-0.15, -0.1) is 5.10 Å². The van der Waals surface area contributed by atoms with E-state index >= 15 is 0 Å². The molecular weight excluding hydrogens is 316 g/mol. The quantitative estimate of drug-likeness (QED) is 0.601. The maximum Gasteiger partial charge on any atom is 0.299 e. The summed E-state index contributed by atoms with van der Waals surface area (Å²) in [7, 11) is 0. The number of amides is 1. The van der Waals surface area contributed by atoms with Crippen LogP contribution in [0.1, 0.15) is 34.8 Å². The number of fused-ring (bicyclic) bond motifs is 1.